The van der Waals surface area contributed by atoms with Gasteiger partial charge in [0.05, 0.1) is 18.2 Å². The van der Waals surface area contributed by atoms with Crippen LogP contribution in [0.25, 0.3) is 22.5 Å². The van der Waals surface area contributed by atoms with Gasteiger partial charge in [-0.25, -0.2) is 4.98 Å². The summed E-state index contributed by atoms with van der Waals surface area (Å²) >= 11 is 0. The fraction of sp³-hybridized carbons (Fsp3) is 0.192. The smallest absolute Gasteiger partial charge is 0.260 e. The van der Waals surface area contributed by atoms with Gasteiger partial charge in [-0.15, -0.1) is 10.2 Å². The number of nitriles is 1. The highest BCUT2D eigenvalue weighted by molar-refractivity contribution is 6.10. The summed E-state index contributed by atoms with van der Waals surface area (Å²) in [5.41, 5.74) is 5.81. The third kappa shape index (κ3) is 3.77. The summed E-state index contributed by atoms with van der Waals surface area (Å²) in [6.07, 6.45) is 2.39. The van der Waals surface area contributed by atoms with E-state index < -0.39 is 0 Å². The molecule has 1 aliphatic heterocycles. The maximum absolute atomic E-state index is 13.3. The van der Waals surface area contributed by atoms with Crippen molar-refractivity contribution in [1.82, 2.24) is 20.2 Å². The summed E-state index contributed by atoms with van der Waals surface area (Å²) in [5, 5.41) is 20.8. The topological polar surface area (TPSA) is 111 Å². The molecule has 34 heavy (non-hydrogen) atoms. The van der Waals surface area contributed by atoms with Crippen LogP contribution in [0.4, 0.5) is 11.6 Å². The van der Waals surface area contributed by atoms with E-state index in [1.54, 1.807) is 11.0 Å². The summed E-state index contributed by atoms with van der Waals surface area (Å²) in [6.45, 7) is 5.21. The van der Waals surface area contributed by atoms with E-state index >= 15 is 0 Å². The Morgan fingerprint density at radius 2 is 1.97 bits per heavy atom. The van der Waals surface area contributed by atoms with E-state index in [2.05, 4.69) is 39.6 Å². The first-order chi connectivity index (χ1) is 16.6. The molecule has 8 nitrogen and oxygen atoms in total. The lowest BCUT2D eigenvalue weighted by molar-refractivity contribution is 0.0996. The summed E-state index contributed by atoms with van der Waals surface area (Å²) < 4.78 is 0. The van der Waals surface area contributed by atoms with Crippen molar-refractivity contribution in [2.75, 3.05) is 16.8 Å². The molecule has 0 saturated carbocycles. The number of benzene rings is 2. The minimum absolute atomic E-state index is 0.0568. The second-order valence-electron chi connectivity index (χ2n) is 8.08. The standard InChI is InChI=1S/C26H23N7O/c1-3-16-5-7-18-14-33(26(34)22(18)9-16)24-12-19(11-23(31-24)28-4-2)21-10-17(13-27)6-8-20(21)25-29-15-30-32-25/h5-12,15H,3-4,14H2,1-2H3,(H,28,31)(H,29,30,32). The maximum atomic E-state index is 13.3. The number of aromatic nitrogens is 4. The zero-order valence-electron chi connectivity index (χ0n) is 19.0. The third-order valence-corrected chi connectivity index (χ3v) is 5.96. The van der Waals surface area contributed by atoms with Crippen molar-refractivity contribution in [1.29, 1.82) is 5.26 Å². The Morgan fingerprint density at radius 1 is 1.09 bits per heavy atom. The van der Waals surface area contributed by atoms with E-state index in [1.807, 2.05) is 43.3 Å². The van der Waals surface area contributed by atoms with Gasteiger partial charge >= 0.3 is 0 Å². The number of rotatable bonds is 6. The molecule has 168 valence electrons. The predicted molar refractivity (Wildman–Crippen MR) is 130 cm³/mol. The number of nitrogens with one attached hydrogen (secondary N) is 2. The lowest BCUT2D eigenvalue weighted by Gasteiger charge is -2.18. The molecule has 0 spiro atoms. The van der Waals surface area contributed by atoms with Gasteiger partial charge in [-0.3, -0.25) is 9.69 Å². The van der Waals surface area contributed by atoms with Gasteiger partial charge in [0.15, 0.2) is 5.82 Å². The molecule has 2 N–H and O–H groups in total. The molecule has 1 aliphatic rings. The molecular formula is C26H23N7O. The number of amides is 1. The number of pyridine rings is 1. The number of H-pyrrole nitrogens is 1. The van der Waals surface area contributed by atoms with Gasteiger partial charge in [0, 0.05) is 17.7 Å². The van der Waals surface area contributed by atoms with Crippen LogP contribution >= 0.6 is 0 Å². The predicted octanol–water partition coefficient (Wildman–Crippen LogP) is 4.56. The monoisotopic (exact) mass is 449 g/mol. The van der Waals surface area contributed by atoms with Crippen molar-refractivity contribution >= 4 is 17.5 Å². The second-order valence-corrected chi connectivity index (χ2v) is 8.08. The van der Waals surface area contributed by atoms with E-state index in [0.717, 1.165) is 39.8 Å². The number of carbonyl (C=O) groups excluding carboxylic acids is 1. The summed E-state index contributed by atoms with van der Waals surface area (Å²) in [7, 11) is 0. The van der Waals surface area contributed by atoms with Crippen LogP contribution in [0.2, 0.25) is 0 Å². The molecule has 8 heteroatoms. The van der Waals surface area contributed by atoms with Crippen LogP contribution in [-0.2, 0) is 13.0 Å². The first-order valence-electron chi connectivity index (χ1n) is 11.2. The number of anilines is 2. The average Bonchev–Trinajstić information content (AvgIpc) is 3.52. The zero-order chi connectivity index (χ0) is 23.7. The van der Waals surface area contributed by atoms with Gasteiger partial charge in [-0.2, -0.15) is 5.26 Å². The zero-order valence-corrected chi connectivity index (χ0v) is 19.0. The highest BCUT2D eigenvalue weighted by atomic mass is 16.2. The van der Waals surface area contributed by atoms with E-state index in [4.69, 9.17) is 4.98 Å². The molecule has 5 rings (SSSR count). The van der Waals surface area contributed by atoms with Gasteiger partial charge in [-0.05, 0) is 72.0 Å². The molecule has 0 unspecified atom stereocenters. The van der Waals surface area contributed by atoms with Gasteiger partial charge in [0.1, 0.15) is 18.0 Å². The highest BCUT2D eigenvalue weighted by Gasteiger charge is 2.30. The van der Waals surface area contributed by atoms with Gasteiger partial charge in [-0.1, -0.05) is 19.1 Å². The Balaban J connectivity index is 1.64. The van der Waals surface area contributed by atoms with Gasteiger partial charge in [0.2, 0.25) is 0 Å². The van der Waals surface area contributed by atoms with Crippen LogP contribution < -0.4 is 10.2 Å². The number of hydrogen-bond acceptors (Lipinski definition) is 6. The summed E-state index contributed by atoms with van der Waals surface area (Å²) in [5.74, 6) is 1.75. The number of aromatic amines is 1. The molecule has 1 amide bonds. The molecule has 3 heterocycles. The van der Waals surface area contributed by atoms with E-state index in [9.17, 15) is 10.1 Å². The molecule has 0 aliphatic carbocycles. The Bertz CT molecular complexity index is 1420. The van der Waals surface area contributed by atoms with Gasteiger partial charge in [0.25, 0.3) is 5.91 Å². The second kappa shape index (κ2) is 8.79. The number of aryl methyl sites for hydroxylation is 1. The fourth-order valence-electron chi connectivity index (χ4n) is 4.23. The van der Waals surface area contributed by atoms with E-state index in [0.29, 0.717) is 36.1 Å². The first-order valence-corrected chi connectivity index (χ1v) is 11.2. The summed E-state index contributed by atoms with van der Waals surface area (Å²) in [4.78, 5) is 22.8. The minimum atomic E-state index is -0.0568. The van der Waals surface area contributed by atoms with Crippen LogP contribution in [0.5, 0.6) is 0 Å². The van der Waals surface area contributed by atoms with Crippen molar-refractivity contribution in [2.24, 2.45) is 0 Å². The van der Waals surface area contributed by atoms with Crippen molar-refractivity contribution in [2.45, 2.75) is 26.8 Å². The van der Waals surface area contributed by atoms with Crippen molar-refractivity contribution in [3.63, 3.8) is 0 Å². The molecule has 4 aromatic rings. The molecule has 0 atom stereocenters. The lowest BCUT2D eigenvalue weighted by atomic mass is 9.97. The number of hydrogen-bond donors (Lipinski definition) is 2. The highest BCUT2D eigenvalue weighted by Crippen LogP contribution is 2.36. The minimum Gasteiger partial charge on any atom is -0.370 e. The van der Waals surface area contributed by atoms with Crippen LogP contribution in [0.15, 0.2) is 54.9 Å². The lowest BCUT2D eigenvalue weighted by Crippen LogP contribution is -2.24. The van der Waals surface area contributed by atoms with Crippen molar-refractivity contribution in [3.8, 4) is 28.6 Å². The quantitative estimate of drug-likeness (QED) is 0.446. The van der Waals surface area contributed by atoms with Crippen LogP contribution in [-0.4, -0.2) is 32.6 Å². The largest absolute Gasteiger partial charge is 0.370 e. The van der Waals surface area contributed by atoms with E-state index in [1.165, 1.54) is 6.33 Å². The number of nitrogens with zero attached hydrogens (tertiary/aromatic N) is 5. The normalized spacial score (nSPS) is 12.5. The van der Waals surface area contributed by atoms with E-state index in [-0.39, 0.29) is 5.91 Å². The first kappa shape index (κ1) is 21.3. The van der Waals surface area contributed by atoms with Crippen LogP contribution in [0.3, 0.4) is 0 Å². The van der Waals surface area contributed by atoms with Gasteiger partial charge < -0.3 is 10.3 Å². The number of fused-ring (bicyclic) bond motifs is 1. The number of carbonyl (C=O) groups is 1. The molecule has 0 bridgehead atoms. The molecule has 0 radical (unpaired) electrons. The maximum Gasteiger partial charge on any atom is 0.260 e. The Kier molecular flexibility index (Phi) is 5.52. The van der Waals surface area contributed by atoms with Crippen molar-refractivity contribution in [3.05, 3.63) is 77.1 Å². The third-order valence-electron chi connectivity index (χ3n) is 5.96. The Hall–Kier alpha value is -4.51. The molecule has 2 aromatic carbocycles. The Morgan fingerprint density at radius 3 is 2.71 bits per heavy atom. The Labute approximate surface area is 197 Å². The molecule has 2 aromatic heterocycles. The fourth-order valence-corrected chi connectivity index (χ4v) is 4.23. The molecule has 0 fully saturated rings. The van der Waals surface area contributed by atoms with Crippen LogP contribution in [0.1, 0.15) is 40.9 Å². The van der Waals surface area contributed by atoms with Crippen LogP contribution in [0, 0.1) is 11.3 Å². The average molecular weight is 450 g/mol. The van der Waals surface area contributed by atoms with Crippen molar-refractivity contribution < 1.29 is 4.79 Å². The molecular weight excluding hydrogens is 426 g/mol. The molecule has 0 saturated heterocycles. The summed E-state index contributed by atoms with van der Waals surface area (Å²) in [6, 6.07) is 17.5. The SMILES string of the molecule is CCNc1cc(-c2cc(C#N)ccc2-c2nnc[nH]2)cc(N2Cc3ccc(CC)cc3C2=O)n1.